The molecule has 2 aromatic carbocycles. The number of rotatable bonds is 4. The predicted molar refractivity (Wildman–Crippen MR) is 84.9 cm³/mol. The van der Waals surface area contributed by atoms with E-state index in [2.05, 4.69) is 84.4 Å². The zero-order chi connectivity index (χ0) is 13.9. The van der Waals surface area contributed by atoms with Crippen LogP contribution < -0.4 is 0 Å². The highest BCUT2D eigenvalue weighted by Gasteiger charge is 2.08. The summed E-state index contributed by atoms with van der Waals surface area (Å²) in [4.78, 5) is 2.22. The maximum atomic E-state index is 2.35. The fourth-order valence-electron chi connectivity index (χ4n) is 2.70. The van der Waals surface area contributed by atoms with Crippen molar-refractivity contribution in [3.05, 3.63) is 71.9 Å². The van der Waals surface area contributed by atoms with Crippen molar-refractivity contribution in [3.8, 4) is 0 Å². The second kappa shape index (κ2) is 5.51. The molecule has 0 aliphatic heterocycles. The Bertz CT molecular complexity index is 696. The Morgan fingerprint density at radius 3 is 2.35 bits per heavy atom. The average molecular weight is 264 g/mol. The Balaban J connectivity index is 2.02. The van der Waals surface area contributed by atoms with Crippen molar-refractivity contribution < 1.29 is 0 Å². The molecule has 0 amide bonds. The van der Waals surface area contributed by atoms with E-state index in [1.165, 1.54) is 22.0 Å². The van der Waals surface area contributed by atoms with Crippen LogP contribution in [0.15, 0.2) is 60.8 Å². The number of nitrogens with zero attached hydrogens (tertiary/aromatic N) is 2. The molecule has 0 radical (unpaired) electrons. The van der Waals surface area contributed by atoms with Crippen LogP contribution in [0.25, 0.3) is 10.9 Å². The Hall–Kier alpha value is -2.06. The average Bonchev–Trinajstić information content (AvgIpc) is 2.78. The molecule has 0 saturated heterocycles. The second-order valence-electron chi connectivity index (χ2n) is 5.52. The van der Waals surface area contributed by atoms with E-state index in [9.17, 15) is 0 Å². The van der Waals surface area contributed by atoms with Gasteiger partial charge in [-0.3, -0.25) is 0 Å². The summed E-state index contributed by atoms with van der Waals surface area (Å²) in [6, 6.07) is 19.3. The number of aromatic nitrogens is 1. The molecule has 0 saturated carbocycles. The molecule has 0 fully saturated rings. The lowest BCUT2D eigenvalue weighted by molar-refractivity contribution is 0.403. The van der Waals surface area contributed by atoms with Crippen LogP contribution in [0.3, 0.4) is 0 Å². The van der Waals surface area contributed by atoms with Crippen LogP contribution in [0.4, 0.5) is 0 Å². The van der Waals surface area contributed by atoms with Crippen molar-refractivity contribution in [1.29, 1.82) is 0 Å². The van der Waals surface area contributed by atoms with E-state index < -0.39 is 0 Å². The number of benzene rings is 2. The summed E-state index contributed by atoms with van der Waals surface area (Å²) in [5, 5.41) is 1.36. The monoisotopic (exact) mass is 264 g/mol. The van der Waals surface area contributed by atoms with Crippen LogP contribution in [0.1, 0.15) is 11.1 Å². The molecule has 0 bridgehead atoms. The van der Waals surface area contributed by atoms with Gasteiger partial charge in [-0.05, 0) is 31.3 Å². The van der Waals surface area contributed by atoms with E-state index >= 15 is 0 Å². The molecule has 0 aliphatic carbocycles. The summed E-state index contributed by atoms with van der Waals surface area (Å²) >= 11 is 0. The smallest absolute Gasteiger partial charge is 0.0486 e. The Kier molecular flexibility index (Phi) is 3.57. The van der Waals surface area contributed by atoms with Gasteiger partial charge in [0.25, 0.3) is 0 Å². The fraction of sp³-hybridized carbons (Fsp3) is 0.222. The van der Waals surface area contributed by atoms with Crippen molar-refractivity contribution in [1.82, 2.24) is 9.47 Å². The molecule has 1 heterocycles. The van der Waals surface area contributed by atoms with Crippen molar-refractivity contribution in [3.63, 3.8) is 0 Å². The van der Waals surface area contributed by atoms with Gasteiger partial charge < -0.3 is 9.47 Å². The standard InChI is InChI=1S/C18H20N2/c1-19(2)13-16-14-20(12-15-8-4-3-5-9-15)18-11-7-6-10-17(16)18/h3-11,14H,12-13H2,1-2H3. The number of para-hydroxylation sites is 1. The number of fused-ring (bicyclic) bond motifs is 1. The van der Waals surface area contributed by atoms with Crippen molar-refractivity contribution >= 4 is 10.9 Å². The van der Waals surface area contributed by atoms with Gasteiger partial charge in [0.15, 0.2) is 0 Å². The van der Waals surface area contributed by atoms with Gasteiger partial charge in [0.05, 0.1) is 0 Å². The van der Waals surface area contributed by atoms with Crippen LogP contribution in [0.5, 0.6) is 0 Å². The van der Waals surface area contributed by atoms with Gasteiger partial charge in [0.1, 0.15) is 0 Å². The largest absolute Gasteiger partial charge is 0.343 e. The molecule has 0 spiro atoms. The van der Waals surface area contributed by atoms with Crippen molar-refractivity contribution in [2.45, 2.75) is 13.1 Å². The highest BCUT2D eigenvalue weighted by Crippen LogP contribution is 2.23. The number of hydrogen-bond donors (Lipinski definition) is 0. The third kappa shape index (κ3) is 2.61. The molecule has 0 N–H and O–H groups in total. The topological polar surface area (TPSA) is 8.17 Å². The molecular formula is C18H20N2. The highest BCUT2D eigenvalue weighted by atomic mass is 15.1. The molecule has 1 aromatic heterocycles. The Morgan fingerprint density at radius 2 is 1.60 bits per heavy atom. The Labute approximate surface area is 120 Å². The first kappa shape index (κ1) is 12.9. The molecule has 102 valence electrons. The van der Waals surface area contributed by atoms with E-state index in [4.69, 9.17) is 0 Å². The maximum Gasteiger partial charge on any atom is 0.0486 e. The fourth-order valence-corrected chi connectivity index (χ4v) is 2.70. The molecule has 2 nitrogen and oxygen atoms in total. The summed E-state index contributed by atoms with van der Waals surface area (Å²) in [7, 11) is 4.23. The molecule has 3 rings (SSSR count). The van der Waals surface area contributed by atoms with Gasteiger partial charge in [0, 0.05) is 30.2 Å². The zero-order valence-electron chi connectivity index (χ0n) is 12.1. The lowest BCUT2D eigenvalue weighted by Gasteiger charge is -2.07. The van der Waals surface area contributed by atoms with Gasteiger partial charge in [-0.1, -0.05) is 48.5 Å². The molecule has 0 aliphatic rings. The minimum atomic E-state index is 0.925. The van der Waals surface area contributed by atoms with E-state index in [0.29, 0.717) is 0 Å². The van der Waals surface area contributed by atoms with E-state index in [1.807, 2.05) is 0 Å². The minimum Gasteiger partial charge on any atom is -0.343 e. The van der Waals surface area contributed by atoms with Gasteiger partial charge in [-0.2, -0.15) is 0 Å². The zero-order valence-corrected chi connectivity index (χ0v) is 12.1. The SMILES string of the molecule is CN(C)Cc1cn(Cc2ccccc2)c2ccccc12. The second-order valence-corrected chi connectivity index (χ2v) is 5.52. The number of hydrogen-bond acceptors (Lipinski definition) is 1. The summed E-state index contributed by atoms with van der Waals surface area (Å²) in [6.07, 6.45) is 2.29. The lowest BCUT2D eigenvalue weighted by atomic mass is 10.2. The van der Waals surface area contributed by atoms with E-state index in [1.54, 1.807) is 0 Å². The first-order valence-electron chi connectivity index (χ1n) is 6.99. The third-order valence-corrected chi connectivity index (χ3v) is 3.55. The first-order valence-corrected chi connectivity index (χ1v) is 6.99. The molecule has 3 aromatic rings. The molecule has 0 unspecified atom stereocenters. The first-order chi connectivity index (χ1) is 9.74. The van der Waals surface area contributed by atoms with Gasteiger partial charge in [-0.15, -0.1) is 0 Å². The van der Waals surface area contributed by atoms with Crippen molar-refractivity contribution in [2.75, 3.05) is 14.1 Å². The van der Waals surface area contributed by atoms with Crippen LogP contribution in [0, 0.1) is 0 Å². The highest BCUT2D eigenvalue weighted by molar-refractivity contribution is 5.84. The molecular weight excluding hydrogens is 244 g/mol. The summed E-state index contributed by atoms with van der Waals surface area (Å²) in [5.41, 5.74) is 4.04. The summed E-state index contributed by atoms with van der Waals surface area (Å²) in [5.74, 6) is 0. The van der Waals surface area contributed by atoms with Crippen LogP contribution in [-0.2, 0) is 13.1 Å². The van der Waals surface area contributed by atoms with Crippen LogP contribution in [0.2, 0.25) is 0 Å². The normalized spacial score (nSPS) is 11.3. The summed E-state index contributed by atoms with van der Waals surface area (Å²) < 4.78 is 2.35. The van der Waals surface area contributed by atoms with Crippen molar-refractivity contribution in [2.24, 2.45) is 0 Å². The van der Waals surface area contributed by atoms with E-state index in [-0.39, 0.29) is 0 Å². The van der Waals surface area contributed by atoms with Gasteiger partial charge in [-0.25, -0.2) is 0 Å². The van der Waals surface area contributed by atoms with E-state index in [0.717, 1.165) is 13.1 Å². The van der Waals surface area contributed by atoms with Crippen LogP contribution >= 0.6 is 0 Å². The summed E-state index contributed by atoms with van der Waals surface area (Å²) in [6.45, 7) is 1.90. The van der Waals surface area contributed by atoms with Gasteiger partial charge in [0.2, 0.25) is 0 Å². The Morgan fingerprint density at radius 1 is 0.900 bits per heavy atom. The van der Waals surface area contributed by atoms with Crippen LogP contribution in [-0.4, -0.2) is 23.6 Å². The molecule has 20 heavy (non-hydrogen) atoms. The quantitative estimate of drug-likeness (QED) is 0.696. The minimum absolute atomic E-state index is 0.925. The predicted octanol–water partition coefficient (Wildman–Crippen LogP) is 3.75. The molecule has 2 heteroatoms. The molecule has 0 atom stereocenters. The maximum absolute atomic E-state index is 2.35. The lowest BCUT2D eigenvalue weighted by Crippen LogP contribution is -2.10. The van der Waals surface area contributed by atoms with Gasteiger partial charge >= 0.3 is 0 Å². The third-order valence-electron chi connectivity index (χ3n) is 3.55.